The summed E-state index contributed by atoms with van der Waals surface area (Å²) in [6.45, 7) is 3.98. The third kappa shape index (κ3) is 3.34. The van der Waals surface area contributed by atoms with Crippen molar-refractivity contribution in [2.24, 2.45) is 0 Å². The van der Waals surface area contributed by atoms with Gasteiger partial charge in [-0.05, 0) is 19.4 Å². The van der Waals surface area contributed by atoms with E-state index >= 15 is 0 Å². The van der Waals surface area contributed by atoms with E-state index in [0.29, 0.717) is 30.9 Å². The van der Waals surface area contributed by atoms with Crippen LogP contribution in [0.1, 0.15) is 23.7 Å². The van der Waals surface area contributed by atoms with Crippen LogP contribution in [0.4, 0.5) is 5.69 Å². The van der Waals surface area contributed by atoms with Crippen molar-refractivity contribution in [1.29, 1.82) is 0 Å². The lowest BCUT2D eigenvalue weighted by atomic mass is 10.2. The molecule has 0 bridgehead atoms. The monoisotopic (exact) mass is 271 g/mol. The van der Waals surface area contributed by atoms with Crippen molar-refractivity contribution < 1.29 is 9.53 Å². The van der Waals surface area contributed by atoms with Crippen molar-refractivity contribution in [1.82, 2.24) is 9.88 Å². The number of pyridine rings is 1. The van der Waals surface area contributed by atoms with Gasteiger partial charge < -0.3 is 15.4 Å². The number of hydrogen-bond acceptors (Lipinski definition) is 4. The molecule has 2 rings (SSSR count). The molecule has 2 heterocycles. The van der Waals surface area contributed by atoms with Crippen LogP contribution in [0.25, 0.3) is 0 Å². The molecular formula is C12H18ClN3O2. The summed E-state index contributed by atoms with van der Waals surface area (Å²) in [4.78, 5) is 18.0. The third-order valence-electron chi connectivity index (χ3n) is 2.82. The van der Waals surface area contributed by atoms with Gasteiger partial charge in [-0.1, -0.05) is 0 Å². The molecule has 18 heavy (non-hydrogen) atoms. The maximum Gasteiger partial charge on any atom is 0.257 e. The Morgan fingerprint density at radius 2 is 2.39 bits per heavy atom. The number of anilines is 1. The molecular weight excluding hydrogens is 254 g/mol. The summed E-state index contributed by atoms with van der Waals surface area (Å²) >= 11 is 0. The molecule has 0 aromatic carbocycles. The number of nitrogen functional groups attached to an aromatic ring is 1. The van der Waals surface area contributed by atoms with Gasteiger partial charge in [0.15, 0.2) is 0 Å². The minimum Gasteiger partial charge on any atom is -0.398 e. The number of ether oxygens (including phenoxy) is 1. The molecule has 1 aromatic rings. The molecule has 1 saturated heterocycles. The zero-order chi connectivity index (χ0) is 12.3. The van der Waals surface area contributed by atoms with Crippen LogP contribution in [0, 0.1) is 0 Å². The molecule has 1 fully saturated rings. The molecule has 5 nitrogen and oxygen atoms in total. The molecule has 6 heteroatoms. The third-order valence-corrected chi connectivity index (χ3v) is 2.82. The van der Waals surface area contributed by atoms with Gasteiger partial charge in [-0.2, -0.15) is 0 Å². The number of carbonyl (C=O) groups is 1. The zero-order valence-electron chi connectivity index (χ0n) is 10.3. The van der Waals surface area contributed by atoms with Gasteiger partial charge >= 0.3 is 0 Å². The first-order valence-corrected chi connectivity index (χ1v) is 5.79. The van der Waals surface area contributed by atoms with Gasteiger partial charge in [0.1, 0.15) is 0 Å². The molecule has 2 N–H and O–H groups in total. The molecule has 1 atom stereocenters. The van der Waals surface area contributed by atoms with E-state index in [0.717, 1.165) is 6.42 Å². The fourth-order valence-corrected chi connectivity index (χ4v) is 1.93. The molecule has 1 aliphatic heterocycles. The first kappa shape index (κ1) is 14.7. The predicted octanol–water partition coefficient (Wildman–Crippen LogP) is 1.34. The van der Waals surface area contributed by atoms with Crippen molar-refractivity contribution in [2.45, 2.75) is 19.4 Å². The van der Waals surface area contributed by atoms with Crippen molar-refractivity contribution in [2.75, 3.05) is 25.4 Å². The molecule has 1 aromatic heterocycles. The average molecular weight is 272 g/mol. The normalized spacial score (nSPS) is 19.8. The van der Waals surface area contributed by atoms with Crippen LogP contribution >= 0.6 is 12.4 Å². The highest BCUT2D eigenvalue weighted by Crippen LogP contribution is 2.14. The van der Waals surface area contributed by atoms with Crippen LogP contribution in [0.3, 0.4) is 0 Å². The Balaban J connectivity index is 0.00000162. The summed E-state index contributed by atoms with van der Waals surface area (Å²) < 4.78 is 5.51. The standard InChI is InChI=1S/C12H17N3O2.ClH/c1-9-8-15(5-2-6-17-9)12(16)10-7-14-4-3-11(10)13;/h3-4,7,9H,2,5-6,8H2,1H3,(H2,13,14);1H. The Morgan fingerprint density at radius 3 is 3.11 bits per heavy atom. The van der Waals surface area contributed by atoms with Gasteiger partial charge in [0, 0.05) is 37.8 Å². The quantitative estimate of drug-likeness (QED) is 0.837. The van der Waals surface area contributed by atoms with Crippen molar-refractivity contribution in [3.63, 3.8) is 0 Å². The van der Waals surface area contributed by atoms with Gasteiger partial charge in [-0.15, -0.1) is 12.4 Å². The molecule has 0 saturated carbocycles. The van der Waals surface area contributed by atoms with Crippen LogP contribution in [-0.2, 0) is 4.74 Å². The van der Waals surface area contributed by atoms with Crippen molar-refractivity contribution >= 4 is 24.0 Å². The van der Waals surface area contributed by atoms with E-state index in [1.165, 1.54) is 6.20 Å². The first-order chi connectivity index (χ1) is 8.18. The Labute approximate surface area is 113 Å². The second-order valence-electron chi connectivity index (χ2n) is 4.25. The molecule has 0 radical (unpaired) electrons. The van der Waals surface area contributed by atoms with Crippen LogP contribution < -0.4 is 5.73 Å². The summed E-state index contributed by atoms with van der Waals surface area (Å²) in [7, 11) is 0. The van der Waals surface area contributed by atoms with E-state index in [1.54, 1.807) is 17.2 Å². The SMILES string of the molecule is CC1CN(C(=O)c2cnccc2N)CCCO1.Cl. The molecule has 0 aliphatic carbocycles. The van der Waals surface area contributed by atoms with Gasteiger partial charge in [0.2, 0.25) is 0 Å². The average Bonchev–Trinajstić information content (AvgIpc) is 2.54. The van der Waals surface area contributed by atoms with Crippen LogP contribution in [0.5, 0.6) is 0 Å². The Bertz CT molecular complexity index is 414. The van der Waals surface area contributed by atoms with Gasteiger partial charge in [-0.3, -0.25) is 9.78 Å². The number of nitrogens with zero attached hydrogens (tertiary/aromatic N) is 2. The van der Waals surface area contributed by atoms with E-state index in [2.05, 4.69) is 4.98 Å². The predicted molar refractivity (Wildman–Crippen MR) is 71.8 cm³/mol. The van der Waals surface area contributed by atoms with Crippen LogP contribution in [0.15, 0.2) is 18.5 Å². The van der Waals surface area contributed by atoms with E-state index in [9.17, 15) is 4.79 Å². The molecule has 1 unspecified atom stereocenters. The summed E-state index contributed by atoms with van der Waals surface area (Å²) in [5.74, 6) is -0.0621. The van der Waals surface area contributed by atoms with Crippen molar-refractivity contribution in [3.05, 3.63) is 24.0 Å². The molecule has 1 aliphatic rings. The fourth-order valence-electron chi connectivity index (χ4n) is 1.93. The smallest absolute Gasteiger partial charge is 0.257 e. The lowest BCUT2D eigenvalue weighted by Gasteiger charge is -2.22. The fraction of sp³-hybridized carbons (Fsp3) is 0.500. The van der Waals surface area contributed by atoms with Gasteiger partial charge in [0.25, 0.3) is 5.91 Å². The van der Waals surface area contributed by atoms with E-state index in [4.69, 9.17) is 10.5 Å². The van der Waals surface area contributed by atoms with Crippen LogP contribution in [-0.4, -0.2) is 41.6 Å². The van der Waals surface area contributed by atoms with E-state index < -0.39 is 0 Å². The summed E-state index contributed by atoms with van der Waals surface area (Å²) in [6.07, 6.45) is 4.03. The Kier molecular flexibility index (Phi) is 5.37. The minimum absolute atomic E-state index is 0. The number of rotatable bonds is 1. The second kappa shape index (κ2) is 6.56. The highest BCUT2D eigenvalue weighted by Gasteiger charge is 2.22. The number of amides is 1. The Morgan fingerprint density at radius 1 is 1.61 bits per heavy atom. The number of nitrogens with two attached hydrogens (primary N) is 1. The highest BCUT2D eigenvalue weighted by molar-refractivity contribution is 5.98. The number of carbonyl (C=O) groups excluding carboxylic acids is 1. The van der Waals surface area contributed by atoms with E-state index in [1.807, 2.05) is 6.92 Å². The molecule has 0 spiro atoms. The van der Waals surface area contributed by atoms with E-state index in [-0.39, 0.29) is 24.4 Å². The maximum absolute atomic E-state index is 12.3. The first-order valence-electron chi connectivity index (χ1n) is 5.79. The second-order valence-corrected chi connectivity index (χ2v) is 4.25. The maximum atomic E-state index is 12.3. The topological polar surface area (TPSA) is 68.5 Å². The molecule has 1 amide bonds. The van der Waals surface area contributed by atoms with Crippen molar-refractivity contribution in [3.8, 4) is 0 Å². The highest BCUT2D eigenvalue weighted by atomic mass is 35.5. The van der Waals surface area contributed by atoms with Gasteiger partial charge in [0.05, 0.1) is 11.7 Å². The number of halogens is 1. The lowest BCUT2D eigenvalue weighted by molar-refractivity contribution is 0.0563. The Hall–Kier alpha value is -1.33. The number of aromatic nitrogens is 1. The number of hydrogen-bond donors (Lipinski definition) is 1. The summed E-state index contributed by atoms with van der Waals surface area (Å²) in [6, 6.07) is 1.64. The molecule has 100 valence electrons. The lowest BCUT2D eigenvalue weighted by Crippen LogP contribution is -2.36. The minimum atomic E-state index is -0.0621. The summed E-state index contributed by atoms with van der Waals surface area (Å²) in [5.41, 5.74) is 6.73. The summed E-state index contributed by atoms with van der Waals surface area (Å²) in [5, 5.41) is 0. The van der Waals surface area contributed by atoms with Gasteiger partial charge in [-0.25, -0.2) is 0 Å². The zero-order valence-corrected chi connectivity index (χ0v) is 11.2. The largest absolute Gasteiger partial charge is 0.398 e. The van der Waals surface area contributed by atoms with Crippen LogP contribution in [0.2, 0.25) is 0 Å².